The second-order valence-corrected chi connectivity index (χ2v) is 8.99. The summed E-state index contributed by atoms with van der Waals surface area (Å²) >= 11 is 1.43. The molecule has 4 aliphatic rings. The Morgan fingerprint density at radius 3 is 2.97 bits per heavy atom. The third kappa shape index (κ3) is 3.55. The molecule has 1 aromatic rings. The number of nitrogens with two attached hydrogens (primary N) is 1. The van der Waals surface area contributed by atoms with Crippen LogP contribution in [0.15, 0.2) is 31.9 Å². The van der Waals surface area contributed by atoms with E-state index >= 15 is 0 Å². The number of nitrogens with one attached hydrogen (secondary N) is 1. The van der Waals surface area contributed by atoms with Gasteiger partial charge in [0.1, 0.15) is 18.0 Å². The lowest BCUT2D eigenvalue weighted by Crippen LogP contribution is -2.51. The Morgan fingerprint density at radius 1 is 1.34 bits per heavy atom. The van der Waals surface area contributed by atoms with E-state index in [2.05, 4.69) is 19.6 Å². The van der Waals surface area contributed by atoms with Gasteiger partial charge in [0, 0.05) is 54.2 Å². The molecule has 32 heavy (non-hydrogen) atoms. The van der Waals surface area contributed by atoms with Crippen molar-refractivity contribution < 1.29 is 9.53 Å². The fourth-order valence-electron chi connectivity index (χ4n) is 4.74. The Balaban J connectivity index is 1.49. The molecule has 0 saturated carbocycles. The molecule has 3 N–H and O–H groups in total. The molecule has 0 bridgehead atoms. The van der Waals surface area contributed by atoms with Crippen molar-refractivity contribution in [2.45, 2.75) is 32.9 Å². The largest absolute Gasteiger partial charge is 0.496 e. The van der Waals surface area contributed by atoms with E-state index in [4.69, 9.17) is 20.7 Å². The van der Waals surface area contributed by atoms with Gasteiger partial charge in [-0.2, -0.15) is 19.7 Å². The molecule has 1 aliphatic carbocycles. The van der Waals surface area contributed by atoms with Crippen molar-refractivity contribution in [1.29, 1.82) is 0 Å². The summed E-state index contributed by atoms with van der Waals surface area (Å²) in [4.78, 5) is 18.8. The molecule has 4 heterocycles. The molecule has 1 aromatic heterocycles. The topological polar surface area (TPSA) is 121 Å². The van der Waals surface area contributed by atoms with Gasteiger partial charge in [-0.05, 0) is 31.4 Å². The number of ether oxygens (including phenoxy) is 1. The minimum Gasteiger partial charge on any atom is -0.496 e. The Morgan fingerprint density at radius 2 is 2.19 bits per heavy atom. The Labute approximate surface area is 190 Å². The third-order valence-electron chi connectivity index (χ3n) is 6.26. The van der Waals surface area contributed by atoms with Gasteiger partial charge in [0.15, 0.2) is 5.84 Å². The highest BCUT2D eigenvalue weighted by Crippen LogP contribution is 2.37. The zero-order chi connectivity index (χ0) is 22.4. The number of methoxy groups -OCH3 is 1. The van der Waals surface area contributed by atoms with E-state index in [1.165, 1.54) is 17.5 Å². The van der Waals surface area contributed by atoms with E-state index in [1.54, 1.807) is 18.4 Å². The van der Waals surface area contributed by atoms with Crippen LogP contribution in [0.3, 0.4) is 0 Å². The SMILES string of the molecule is COc1c(C)cnc(CN2N=C3CC(N4CCNC(=O)C4)C4=C3C(=N2)C(N)=NSC4)c1C. The van der Waals surface area contributed by atoms with Crippen LogP contribution >= 0.6 is 11.9 Å². The second kappa shape index (κ2) is 8.21. The van der Waals surface area contributed by atoms with Gasteiger partial charge in [0.25, 0.3) is 0 Å². The van der Waals surface area contributed by atoms with Crippen LogP contribution in [0.2, 0.25) is 0 Å². The highest BCUT2D eigenvalue weighted by Gasteiger charge is 2.41. The van der Waals surface area contributed by atoms with Crippen molar-refractivity contribution >= 4 is 35.1 Å². The van der Waals surface area contributed by atoms with Gasteiger partial charge >= 0.3 is 0 Å². The smallest absolute Gasteiger partial charge is 0.234 e. The fraction of sp³-hybridized carbons (Fsp3) is 0.476. The maximum Gasteiger partial charge on any atom is 0.234 e. The van der Waals surface area contributed by atoms with Crippen molar-refractivity contribution in [3.63, 3.8) is 0 Å². The first-order chi connectivity index (χ1) is 15.5. The molecule has 1 amide bonds. The summed E-state index contributed by atoms with van der Waals surface area (Å²) in [7, 11) is 1.67. The van der Waals surface area contributed by atoms with Gasteiger partial charge in [0.05, 0.1) is 25.1 Å². The number of amides is 1. The number of nitrogens with zero attached hydrogens (tertiary/aromatic N) is 6. The van der Waals surface area contributed by atoms with Crippen LogP contribution in [-0.4, -0.2) is 76.7 Å². The Bertz CT molecular complexity index is 1110. The normalized spacial score (nSPS) is 23.2. The van der Waals surface area contributed by atoms with E-state index < -0.39 is 0 Å². The molecule has 1 fully saturated rings. The summed E-state index contributed by atoms with van der Waals surface area (Å²) < 4.78 is 9.99. The average Bonchev–Trinajstić information content (AvgIpc) is 3.05. The first kappa shape index (κ1) is 21.0. The summed E-state index contributed by atoms with van der Waals surface area (Å²) in [5.41, 5.74) is 12.9. The number of carbonyl (C=O) groups is 1. The lowest BCUT2D eigenvalue weighted by Gasteiger charge is -2.33. The molecule has 1 atom stereocenters. The maximum atomic E-state index is 12.0. The molecule has 1 saturated heterocycles. The van der Waals surface area contributed by atoms with Gasteiger partial charge < -0.3 is 15.8 Å². The van der Waals surface area contributed by atoms with Crippen molar-refractivity contribution in [2.75, 3.05) is 32.5 Å². The van der Waals surface area contributed by atoms with Gasteiger partial charge in [-0.1, -0.05) is 0 Å². The van der Waals surface area contributed by atoms with Gasteiger partial charge in [0.2, 0.25) is 5.91 Å². The lowest BCUT2D eigenvalue weighted by atomic mass is 10.0. The molecule has 0 aromatic carbocycles. The van der Waals surface area contributed by atoms with E-state index in [1.807, 2.05) is 13.8 Å². The predicted molar refractivity (Wildman–Crippen MR) is 125 cm³/mol. The number of aromatic nitrogens is 1. The molecule has 168 valence electrons. The summed E-state index contributed by atoms with van der Waals surface area (Å²) in [5, 5.41) is 14.2. The molecule has 10 nitrogen and oxygen atoms in total. The number of hydrogen-bond donors (Lipinski definition) is 2. The molecule has 11 heteroatoms. The zero-order valence-corrected chi connectivity index (χ0v) is 19.2. The number of aryl methyl sites for hydroxylation is 1. The highest BCUT2D eigenvalue weighted by atomic mass is 32.2. The van der Waals surface area contributed by atoms with E-state index in [0.29, 0.717) is 36.9 Å². The number of rotatable bonds is 4. The standard InChI is InChI=1S/C21H26N8O2S/c1-11-7-24-15(12(2)20(11)31-3)8-29-25-14-6-16(28-5-4-23-17(30)9-28)13-10-32-27-21(22)19(26-29)18(13)14/h7,16H,4-6,8-10H2,1-3H3,(H2,22,27)(H,23,30). The summed E-state index contributed by atoms with van der Waals surface area (Å²) in [6.07, 6.45) is 2.53. The van der Waals surface area contributed by atoms with Gasteiger partial charge in [-0.25, -0.2) is 0 Å². The first-order valence-electron chi connectivity index (χ1n) is 10.6. The Hall–Kier alpha value is -2.92. The van der Waals surface area contributed by atoms with Crippen LogP contribution in [0.25, 0.3) is 0 Å². The number of pyridine rings is 1. The minimum absolute atomic E-state index is 0.0566. The minimum atomic E-state index is 0.0566. The number of hydrogen-bond acceptors (Lipinski definition) is 10. The number of carbonyl (C=O) groups excluding carboxylic acids is 1. The number of hydrazone groups is 2. The van der Waals surface area contributed by atoms with Crippen LogP contribution in [-0.2, 0) is 11.3 Å². The van der Waals surface area contributed by atoms with Crippen LogP contribution in [0.5, 0.6) is 5.75 Å². The lowest BCUT2D eigenvalue weighted by molar-refractivity contribution is -0.124. The van der Waals surface area contributed by atoms with E-state index in [9.17, 15) is 4.79 Å². The first-order valence-corrected chi connectivity index (χ1v) is 11.5. The average molecular weight is 455 g/mol. The summed E-state index contributed by atoms with van der Waals surface area (Å²) in [6, 6.07) is 0.105. The van der Waals surface area contributed by atoms with Gasteiger partial charge in [-0.15, -0.1) is 0 Å². The zero-order valence-electron chi connectivity index (χ0n) is 18.4. The van der Waals surface area contributed by atoms with Crippen LogP contribution in [0.4, 0.5) is 0 Å². The summed E-state index contributed by atoms with van der Waals surface area (Å²) in [6.45, 7) is 6.22. The molecule has 0 radical (unpaired) electrons. The second-order valence-electron chi connectivity index (χ2n) is 8.26. The monoisotopic (exact) mass is 454 g/mol. The molecule has 5 rings (SSSR count). The fourth-order valence-corrected chi connectivity index (χ4v) is 5.50. The molecule has 3 aliphatic heterocycles. The van der Waals surface area contributed by atoms with E-state index in [0.717, 1.165) is 46.8 Å². The maximum absolute atomic E-state index is 12.0. The third-order valence-corrected chi connectivity index (χ3v) is 7.03. The van der Waals surface area contributed by atoms with Crippen molar-refractivity contribution in [3.05, 3.63) is 34.2 Å². The van der Waals surface area contributed by atoms with Crippen LogP contribution < -0.4 is 15.8 Å². The molecule has 0 spiro atoms. The van der Waals surface area contributed by atoms with Crippen LogP contribution in [0, 0.1) is 13.8 Å². The molecular weight excluding hydrogens is 428 g/mol. The summed E-state index contributed by atoms with van der Waals surface area (Å²) in [5.74, 6) is 2.00. The van der Waals surface area contributed by atoms with Crippen molar-refractivity contribution in [2.24, 2.45) is 20.3 Å². The Kier molecular flexibility index (Phi) is 5.38. The number of piperazine rings is 1. The number of amidine groups is 1. The van der Waals surface area contributed by atoms with E-state index in [-0.39, 0.29) is 11.9 Å². The predicted octanol–water partition coefficient (Wildman–Crippen LogP) is 0.754. The molecular formula is C21H26N8O2S. The van der Waals surface area contributed by atoms with Crippen molar-refractivity contribution in [3.8, 4) is 5.75 Å². The molecule has 1 unspecified atom stereocenters. The van der Waals surface area contributed by atoms with Crippen molar-refractivity contribution in [1.82, 2.24) is 20.3 Å². The van der Waals surface area contributed by atoms with Crippen LogP contribution in [0.1, 0.15) is 23.2 Å². The highest BCUT2D eigenvalue weighted by molar-refractivity contribution is 7.98. The van der Waals surface area contributed by atoms with Gasteiger partial charge in [-0.3, -0.25) is 14.7 Å². The quantitative estimate of drug-likeness (QED) is 0.644.